The summed E-state index contributed by atoms with van der Waals surface area (Å²) in [6.45, 7) is 0.689. The Morgan fingerprint density at radius 3 is 2.76 bits per heavy atom. The number of amides is 1. The predicted molar refractivity (Wildman–Crippen MR) is 67.9 cm³/mol. The molecule has 1 aromatic rings. The highest BCUT2D eigenvalue weighted by atomic mass is 79.9. The number of hydrogen-bond donors (Lipinski definition) is 1. The number of aliphatic hydroxyl groups is 1. The van der Waals surface area contributed by atoms with Gasteiger partial charge in [-0.1, -0.05) is 40.2 Å². The fraction of sp³-hybridized carbons (Fsp3) is 0.462. The number of alkyl halides is 1. The Morgan fingerprint density at radius 2 is 2.06 bits per heavy atom. The summed E-state index contributed by atoms with van der Waals surface area (Å²) in [6.07, 6.45) is 0.720. The van der Waals surface area contributed by atoms with Crippen LogP contribution in [-0.4, -0.2) is 33.4 Å². The van der Waals surface area contributed by atoms with Crippen molar-refractivity contribution in [3.8, 4) is 0 Å². The molecule has 17 heavy (non-hydrogen) atoms. The quantitative estimate of drug-likeness (QED) is 0.800. The van der Waals surface area contributed by atoms with Gasteiger partial charge in [0.1, 0.15) is 0 Å². The molecule has 0 spiro atoms. The molecule has 2 aliphatic rings. The summed E-state index contributed by atoms with van der Waals surface area (Å²) < 4.78 is 0. The molecular weight excluding hydrogens is 282 g/mol. The minimum Gasteiger partial charge on any atom is -0.390 e. The molecule has 0 bridgehead atoms. The van der Waals surface area contributed by atoms with Crippen molar-refractivity contribution in [2.24, 2.45) is 0 Å². The summed E-state index contributed by atoms with van der Waals surface area (Å²) in [5.41, 5.74) is 2.27. The lowest BCUT2D eigenvalue weighted by atomic mass is 10.1. The van der Waals surface area contributed by atoms with Gasteiger partial charge in [0.2, 0.25) is 5.91 Å². The van der Waals surface area contributed by atoms with E-state index in [4.69, 9.17) is 0 Å². The summed E-state index contributed by atoms with van der Waals surface area (Å²) in [6, 6.07) is 7.85. The number of carbonyl (C=O) groups is 1. The maximum Gasteiger partial charge on any atom is 0.224 e. The average molecular weight is 296 g/mol. The molecule has 3 atom stereocenters. The zero-order valence-corrected chi connectivity index (χ0v) is 10.9. The van der Waals surface area contributed by atoms with Crippen molar-refractivity contribution in [2.45, 2.75) is 29.8 Å². The van der Waals surface area contributed by atoms with Gasteiger partial charge in [-0.25, -0.2) is 0 Å². The van der Waals surface area contributed by atoms with E-state index in [-0.39, 0.29) is 16.8 Å². The molecule has 3 rings (SSSR count). The Bertz CT molecular complexity index is 462. The van der Waals surface area contributed by atoms with Crippen molar-refractivity contribution in [1.82, 2.24) is 4.90 Å². The molecule has 1 saturated heterocycles. The Kier molecular flexibility index (Phi) is 2.71. The largest absolute Gasteiger partial charge is 0.390 e. The lowest BCUT2D eigenvalue weighted by Crippen LogP contribution is -2.35. The number of hydrogen-bond acceptors (Lipinski definition) is 2. The molecule has 90 valence electrons. The number of aliphatic hydroxyl groups excluding tert-OH is 1. The second-order valence-electron chi connectivity index (χ2n) is 4.76. The van der Waals surface area contributed by atoms with Crippen LogP contribution in [0.3, 0.4) is 0 Å². The summed E-state index contributed by atoms with van der Waals surface area (Å²) in [5.74, 6) is 0.132. The van der Waals surface area contributed by atoms with Crippen LogP contribution in [0.5, 0.6) is 0 Å². The number of fused-ring (bicyclic) bond motifs is 1. The van der Waals surface area contributed by atoms with Crippen molar-refractivity contribution in [1.29, 1.82) is 0 Å². The van der Waals surface area contributed by atoms with Crippen LogP contribution in [0.25, 0.3) is 0 Å². The second-order valence-corrected chi connectivity index (χ2v) is 6.06. The molecule has 1 fully saturated rings. The Labute approximate surface area is 109 Å². The van der Waals surface area contributed by atoms with Crippen LogP contribution in [0.4, 0.5) is 0 Å². The third-order valence-electron chi connectivity index (χ3n) is 3.61. The summed E-state index contributed by atoms with van der Waals surface area (Å²) in [4.78, 5) is 13.9. The molecule has 1 heterocycles. The SMILES string of the molecule is O=C1CC(Br)CN1C1c2ccccc2CC1O. The molecule has 1 aromatic carbocycles. The molecule has 4 heteroatoms. The highest BCUT2D eigenvalue weighted by Gasteiger charge is 2.41. The number of nitrogens with zero attached hydrogens (tertiary/aromatic N) is 1. The van der Waals surface area contributed by atoms with Gasteiger partial charge in [0.05, 0.1) is 12.1 Å². The van der Waals surface area contributed by atoms with Crippen LogP contribution in [0.2, 0.25) is 0 Å². The van der Waals surface area contributed by atoms with E-state index < -0.39 is 6.10 Å². The standard InChI is InChI=1S/C13H14BrNO2/c14-9-6-12(17)15(7-9)13-10-4-2-1-3-8(10)5-11(13)16/h1-4,9,11,13,16H,5-7H2. The third kappa shape index (κ3) is 1.79. The number of halogens is 1. The fourth-order valence-corrected chi connectivity index (χ4v) is 3.47. The van der Waals surface area contributed by atoms with E-state index in [1.165, 1.54) is 0 Å². The van der Waals surface area contributed by atoms with E-state index in [1.54, 1.807) is 0 Å². The van der Waals surface area contributed by atoms with Crippen LogP contribution in [0.1, 0.15) is 23.6 Å². The zero-order chi connectivity index (χ0) is 12.0. The molecule has 0 saturated carbocycles. The number of benzene rings is 1. The van der Waals surface area contributed by atoms with Gasteiger partial charge in [0, 0.05) is 24.2 Å². The van der Waals surface area contributed by atoms with E-state index in [0.717, 1.165) is 11.1 Å². The minimum atomic E-state index is -0.464. The molecule has 0 radical (unpaired) electrons. The Morgan fingerprint density at radius 1 is 1.29 bits per heavy atom. The van der Waals surface area contributed by atoms with Crippen molar-refractivity contribution in [3.05, 3.63) is 35.4 Å². The fourth-order valence-electron chi connectivity index (χ4n) is 2.88. The van der Waals surface area contributed by atoms with Crippen molar-refractivity contribution in [2.75, 3.05) is 6.54 Å². The molecular formula is C13H14BrNO2. The molecule has 3 unspecified atom stereocenters. The number of likely N-dealkylation sites (tertiary alicyclic amines) is 1. The third-order valence-corrected chi connectivity index (χ3v) is 4.23. The van der Waals surface area contributed by atoms with Gasteiger partial charge in [0.25, 0.3) is 0 Å². The maximum atomic E-state index is 11.9. The predicted octanol–water partition coefficient (Wildman–Crippen LogP) is 1.64. The van der Waals surface area contributed by atoms with Crippen LogP contribution >= 0.6 is 15.9 Å². The minimum absolute atomic E-state index is 0.132. The van der Waals surface area contributed by atoms with E-state index in [1.807, 2.05) is 29.2 Å². The van der Waals surface area contributed by atoms with Crippen LogP contribution in [-0.2, 0) is 11.2 Å². The molecule has 3 nitrogen and oxygen atoms in total. The van der Waals surface area contributed by atoms with Gasteiger partial charge >= 0.3 is 0 Å². The lowest BCUT2D eigenvalue weighted by Gasteiger charge is -2.27. The Hall–Kier alpha value is -0.870. The van der Waals surface area contributed by atoms with Crippen molar-refractivity contribution >= 4 is 21.8 Å². The summed E-state index contributed by atoms with van der Waals surface area (Å²) in [7, 11) is 0. The first-order valence-corrected chi connectivity index (χ1v) is 6.78. The van der Waals surface area contributed by atoms with Crippen LogP contribution in [0.15, 0.2) is 24.3 Å². The number of carbonyl (C=O) groups excluding carboxylic acids is 1. The molecule has 0 aromatic heterocycles. The smallest absolute Gasteiger partial charge is 0.224 e. The molecule has 1 aliphatic heterocycles. The van der Waals surface area contributed by atoms with Gasteiger partial charge in [0.15, 0.2) is 0 Å². The van der Waals surface area contributed by atoms with Gasteiger partial charge < -0.3 is 10.0 Å². The van der Waals surface area contributed by atoms with E-state index in [9.17, 15) is 9.90 Å². The monoisotopic (exact) mass is 295 g/mol. The topological polar surface area (TPSA) is 40.5 Å². The lowest BCUT2D eigenvalue weighted by molar-refractivity contribution is -0.131. The Balaban J connectivity index is 1.96. The van der Waals surface area contributed by atoms with Gasteiger partial charge in [-0.05, 0) is 11.1 Å². The van der Waals surface area contributed by atoms with E-state index in [0.29, 0.717) is 19.4 Å². The maximum absolute atomic E-state index is 11.9. The van der Waals surface area contributed by atoms with E-state index >= 15 is 0 Å². The first-order valence-electron chi connectivity index (χ1n) is 5.86. The average Bonchev–Trinajstić information content (AvgIpc) is 2.77. The van der Waals surface area contributed by atoms with Gasteiger partial charge in [-0.2, -0.15) is 0 Å². The van der Waals surface area contributed by atoms with Crippen molar-refractivity contribution in [3.63, 3.8) is 0 Å². The van der Waals surface area contributed by atoms with Crippen LogP contribution < -0.4 is 0 Å². The zero-order valence-electron chi connectivity index (χ0n) is 9.34. The molecule has 1 N–H and O–H groups in total. The highest BCUT2D eigenvalue weighted by molar-refractivity contribution is 9.09. The molecule has 1 aliphatic carbocycles. The molecule has 1 amide bonds. The van der Waals surface area contributed by atoms with E-state index in [2.05, 4.69) is 15.9 Å². The van der Waals surface area contributed by atoms with Crippen molar-refractivity contribution < 1.29 is 9.90 Å². The first kappa shape index (κ1) is 11.2. The second kappa shape index (κ2) is 4.10. The first-order chi connectivity index (χ1) is 8.16. The summed E-state index contributed by atoms with van der Waals surface area (Å²) in [5, 5.41) is 10.2. The van der Waals surface area contributed by atoms with Crippen LogP contribution in [0, 0.1) is 0 Å². The van der Waals surface area contributed by atoms with Gasteiger partial charge in [-0.3, -0.25) is 4.79 Å². The number of rotatable bonds is 1. The normalized spacial score (nSPS) is 32.0. The summed E-state index contributed by atoms with van der Waals surface area (Å²) >= 11 is 3.48. The highest BCUT2D eigenvalue weighted by Crippen LogP contribution is 2.38. The van der Waals surface area contributed by atoms with Gasteiger partial charge in [-0.15, -0.1) is 0 Å².